The lowest BCUT2D eigenvalue weighted by Crippen LogP contribution is -2.38. The van der Waals surface area contributed by atoms with E-state index in [0.717, 1.165) is 28.5 Å². The molecule has 0 atom stereocenters. The first-order valence-electron chi connectivity index (χ1n) is 8.51. The summed E-state index contributed by atoms with van der Waals surface area (Å²) in [5, 5.41) is 4.45. The number of carbonyl (C=O) groups is 2. The Morgan fingerprint density at radius 1 is 1.00 bits per heavy atom. The van der Waals surface area contributed by atoms with Crippen molar-refractivity contribution >= 4 is 44.5 Å². The number of rotatable bonds is 6. The quantitative estimate of drug-likeness (QED) is 0.821. The summed E-state index contributed by atoms with van der Waals surface area (Å²) in [5.41, 5.74) is 0.547. The summed E-state index contributed by atoms with van der Waals surface area (Å²) < 4.78 is 27.3. The van der Waals surface area contributed by atoms with E-state index in [1.165, 1.54) is 6.07 Å². The van der Waals surface area contributed by atoms with E-state index < -0.39 is 15.9 Å². The average molecular weight is 390 g/mol. The van der Waals surface area contributed by atoms with Crippen molar-refractivity contribution in [2.24, 2.45) is 11.8 Å². The second-order valence-electron chi connectivity index (χ2n) is 6.59. The van der Waals surface area contributed by atoms with Crippen LogP contribution in [0.3, 0.4) is 0 Å². The second-order valence-corrected chi connectivity index (χ2v) is 9.56. The molecule has 26 heavy (non-hydrogen) atoms. The Hall–Kier alpha value is -2.19. The van der Waals surface area contributed by atoms with Crippen molar-refractivity contribution in [3.8, 4) is 0 Å². The van der Waals surface area contributed by atoms with Crippen molar-refractivity contribution in [1.82, 2.24) is 0 Å². The molecule has 0 saturated heterocycles. The zero-order valence-corrected chi connectivity index (χ0v) is 15.6. The van der Waals surface area contributed by atoms with Gasteiger partial charge in [0.05, 0.1) is 11.4 Å². The van der Waals surface area contributed by atoms with Gasteiger partial charge in [-0.15, -0.1) is 11.3 Å². The molecule has 8 heteroatoms. The Bertz CT molecular complexity index is 945. The van der Waals surface area contributed by atoms with E-state index in [9.17, 15) is 18.0 Å². The first kappa shape index (κ1) is 17.2. The summed E-state index contributed by atoms with van der Waals surface area (Å²) in [4.78, 5) is 25.1. The smallest absolute Gasteiger partial charge is 0.280 e. The first-order chi connectivity index (χ1) is 12.5. The molecule has 2 saturated carbocycles. The molecule has 1 heterocycles. The van der Waals surface area contributed by atoms with Gasteiger partial charge in [-0.1, -0.05) is 18.2 Å². The number of amides is 2. The van der Waals surface area contributed by atoms with Gasteiger partial charge in [-0.05, 0) is 49.3 Å². The lowest BCUT2D eigenvalue weighted by Gasteiger charge is -2.24. The summed E-state index contributed by atoms with van der Waals surface area (Å²) in [6, 6.07) is 9.69. The van der Waals surface area contributed by atoms with Crippen LogP contribution >= 0.6 is 11.3 Å². The number of para-hydroxylation sites is 2. The molecule has 2 fully saturated rings. The summed E-state index contributed by atoms with van der Waals surface area (Å²) in [6.45, 7) is 0. The van der Waals surface area contributed by atoms with Crippen molar-refractivity contribution in [1.29, 1.82) is 0 Å². The van der Waals surface area contributed by atoms with Crippen LogP contribution in [-0.2, 0) is 19.6 Å². The number of sulfonamides is 1. The lowest BCUT2D eigenvalue weighted by atomic mass is 10.2. The lowest BCUT2D eigenvalue weighted by molar-refractivity contribution is -0.119. The predicted octanol–water partition coefficient (Wildman–Crippen LogP) is 3.23. The van der Waals surface area contributed by atoms with Gasteiger partial charge in [-0.3, -0.25) is 9.59 Å². The van der Waals surface area contributed by atoms with Gasteiger partial charge in [-0.2, -0.15) is 12.7 Å². The molecule has 4 rings (SSSR count). The Morgan fingerprint density at radius 3 is 2.31 bits per heavy atom. The SMILES string of the molecule is O=C(Nc1ccccc1N(C(=O)C1CC1)S(=O)(=O)c1cccs1)C1CC1. The molecular formula is C18H18N2O4S2. The monoisotopic (exact) mass is 390 g/mol. The Morgan fingerprint density at radius 2 is 1.69 bits per heavy atom. The zero-order valence-electron chi connectivity index (χ0n) is 13.9. The van der Waals surface area contributed by atoms with Crippen molar-refractivity contribution < 1.29 is 18.0 Å². The molecule has 2 aliphatic rings. The number of thiophene rings is 1. The molecule has 136 valence electrons. The zero-order chi connectivity index (χ0) is 18.3. The van der Waals surface area contributed by atoms with Crippen LogP contribution < -0.4 is 9.62 Å². The highest BCUT2D eigenvalue weighted by Gasteiger charge is 2.42. The minimum absolute atomic E-state index is 0.0236. The third-order valence-electron chi connectivity index (χ3n) is 4.45. The summed E-state index contributed by atoms with van der Waals surface area (Å²) in [6.07, 6.45) is 3.05. The van der Waals surface area contributed by atoms with E-state index in [0.29, 0.717) is 18.5 Å². The van der Waals surface area contributed by atoms with Crippen molar-refractivity contribution in [2.75, 3.05) is 9.62 Å². The topological polar surface area (TPSA) is 83.6 Å². The first-order valence-corrected chi connectivity index (χ1v) is 10.8. The van der Waals surface area contributed by atoms with Crippen molar-refractivity contribution in [2.45, 2.75) is 29.9 Å². The van der Waals surface area contributed by atoms with Crippen LogP contribution in [0.1, 0.15) is 25.7 Å². The van der Waals surface area contributed by atoms with Gasteiger partial charge in [0, 0.05) is 11.8 Å². The number of hydrogen-bond acceptors (Lipinski definition) is 5. The number of anilines is 2. The van der Waals surface area contributed by atoms with Gasteiger partial charge in [0.25, 0.3) is 10.0 Å². The molecule has 2 aromatic rings. The van der Waals surface area contributed by atoms with E-state index in [2.05, 4.69) is 5.32 Å². The summed E-state index contributed by atoms with van der Waals surface area (Å²) in [7, 11) is -4.03. The van der Waals surface area contributed by atoms with Crippen molar-refractivity contribution in [3.05, 3.63) is 41.8 Å². The minimum atomic E-state index is -4.03. The van der Waals surface area contributed by atoms with E-state index in [-0.39, 0.29) is 27.6 Å². The molecule has 1 N–H and O–H groups in total. The van der Waals surface area contributed by atoms with Gasteiger partial charge in [0.1, 0.15) is 4.21 Å². The second kappa shape index (κ2) is 6.51. The minimum Gasteiger partial charge on any atom is -0.324 e. The molecule has 0 radical (unpaired) electrons. The summed E-state index contributed by atoms with van der Waals surface area (Å²) >= 11 is 1.07. The fraction of sp³-hybridized carbons (Fsp3) is 0.333. The van der Waals surface area contributed by atoms with Gasteiger partial charge in [-0.25, -0.2) is 0 Å². The Kier molecular flexibility index (Phi) is 4.32. The number of benzene rings is 1. The number of carbonyl (C=O) groups excluding carboxylic acids is 2. The highest BCUT2D eigenvalue weighted by atomic mass is 32.2. The van der Waals surface area contributed by atoms with Crippen LogP contribution in [0.25, 0.3) is 0 Å². The fourth-order valence-electron chi connectivity index (χ4n) is 2.70. The maximum absolute atomic E-state index is 13.2. The van der Waals surface area contributed by atoms with Gasteiger partial charge in [0.2, 0.25) is 11.8 Å². The van der Waals surface area contributed by atoms with Gasteiger partial charge >= 0.3 is 0 Å². The molecule has 1 aromatic carbocycles. The van der Waals surface area contributed by atoms with Crippen LogP contribution in [0.2, 0.25) is 0 Å². The van der Waals surface area contributed by atoms with E-state index in [4.69, 9.17) is 0 Å². The number of nitrogens with zero attached hydrogens (tertiary/aromatic N) is 1. The molecule has 0 spiro atoms. The van der Waals surface area contributed by atoms with Crippen LogP contribution in [0.15, 0.2) is 46.0 Å². The molecule has 6 nitrogen and oxygen atoms in total. The molecule has 1 aromatic heterocycles. The van der Waals surface area contributed by atoms with Crippen LogP contribution in [-0.4, -0.2) is 20.2 Å². The van der Waals surface area contributed by atoms with Gasteiger partial charge in [0.15, 0.2) is 0 Å². The third kappa shape index (κ3) is 3.26. The molecule has 0 unspecified atom stereocenters. The molecule has 2 aliphatic carbocycles. The van der Waals surface area contributed by atoms with Crippen LogP contribution in [0, 0.1) is 11.8 Å². The van der Waals surface area contributed by atoms with Gasteiger partial charge < -0.3 is 5.32 Å². The van der Waals surface area contributed by atoms with E-state index >= 15 is 0 Å². The standard InChI is InChI=1S/C18H18N2O4S2/c21-17(12-7-8-12)19-14-4-1-2-5-15(14)20(18(22)13-9-10-13)26(23,24)16-6-3-11-25-16/h1-6,11-13H,7-10H2,(H,19,21). The molecule has 0 bridgehead atoms. The maximum Gasteiger partial charge on any atom is 0.280 e. The summed E-state index contributed by atoms with van der Waals surface area (Å²) in [5.74, 6) is -0.877. The van der Waals surface area contributed by atoms with E-state index in [1.807, 2.05) is 0 Å². The Balaban J connectivity index is 1.77. The molecular weight excluding hydrogens is 372 g/mol. The molecule has 2 amide bonds. The van der Waals surface area contributed by atoms with Crippen LogP contribution in [0.5, 0.6) is 0 Å². The van der Waals surface area contributed by atoms with Crippen LogP contribution in [0.4, 0.5) is 11.4 Å². The number of hydrogen-bond donors (Lipinski definition) is 1. The highest BCUT2D eigenvalue weighted by molar-refractivity contribution is 7.95. The third-order valence-corrected chi connectivity index (χ3v) is 7.53. The highest BCUT2D eigenvalue weighted by Crippen LogP contribution is 2.39. The van der Waals surface area contributed by atoms with E-state index in [1.54, 1.807) is 35.7 Å². The predicted molar refractivity (Wildman–Crippen MR) is 99.5 cm³/mol. The Labute approximate surface area is 155 Å². The normalized spacial score (nSPS) is 16.9. The average Bonchev–Trinajstić information content (AvgIpc) is 3.54. The fourth-order valence-corrected chi connectivity index (χ4v) is 5.26. The largest absolute Gasteiger partial charge is 0.324 e. The maximum atomic E-state index is 13.2. The number of nitrogens with one attached hydrogen (secondary N) is 1. The van der Waals surface area contributed by atoms with Crippen molar-refractivity contribution in [3.63, 3.8) is 0 Å². The molecule has 0 aliphatic heterocycles.